The Morgan fingerprint density at radius 3 is 2.46 bits per heavy atom. The number of ether oxygens (including phenoxy) is 1. The summed E-state index contributed by atoms with van der Waals surface area (Å²) in [6.07, 6.45) is 9.49. The molecule has 2 aliphatic rings. The highest BCUT2D eigenvalue weighted by Gasteiger charge is 2.14. The van der Waals surface area contributed by atoms with Crippen molar-refractivity contribution in [1.29, 1.82) is 0 Å². The molecule has 0 aromatic rings. The van der Waals surface area contributed by atoms with Crippen LogP contribution in [0.3, 0.4) is 0 Å². The Bertz CT molecular complexity index is 450. The van der Waals surface area contributed by atoms with Crippen molar-refractivity contribution in [1.82, 2.24) is 20.4 Å². The Hall–Kier alpha value is -0.610. The van der Waals surface area contributed by atoms with Crippen LogP contribution in [0.5, 0.6) is 0 Å². The van der Waals surface area contributed by atoms with Crippen molar-refractivity contribution in [3.8, 4) is 0 Å². The summed E-state index contributed by atoms with van der Waals surface area (Å²) < 4.78 is 5.39. The molecular weight excluding hydrogens is 469 g/mol. The molecule has 1 aliphatic carbocycles. The van der Waals surface area contributed by atoms with Gasteiger partial charge < -0.3 is 20.3 Å². The number of likely N-dealkylation sites (N-methyl/N-ethyl adjacent to an activating group) is 1. The van der Waals surface area contributed by atoms with Crippen LogP contribution in [-0.4, -0.2) is 88.2 Å². The third-order valence-corrected chi connectivity index (χ3v) is 5.50. The number of rotatable bonds is 10. The van der Waals surface area contributed by atoms with E-state index < -0.39 is 0 Å². The second kappa shape index (κ2) is 15.3. The maximum absolute atomic E-state index is 11.8. The number of hydrogen-bond donors (Lipinski definition) is 2. The lowest BCUT2D eigenvalue weighted by Gasteiger charge is -2.26. The van der Waals surface area contributed by atoms with Crippen molar-refractivity contribution >= 4 is 35.8 Å². The molecule has 0 aromatic heterocycles. The fraction of sp³-hybridized carbons (Fsp3) is 0.900. The predicted octanol–water partition coefficient (Wildman–Crippen LogP) is 1.92. The highest BCUT2D eigenvalue weighted by atomic mass is 127. The number of halogens is 1. The molecule has 2 fully saturated rings. The average Bonchev–Trinajstić information content (AvgIpc) is 3.19. The van der Waals surface area contributed by atoms with E-state index >= 15 is 0 Å². The van der Waals surface area contributed by atoms with Crippen molar-refractivity contribution < 1.29 is 9.53 Å². The number of unbranched alkanes of at least 4 members (excludes halogenated alkanes) is 1. The molecule has 2 N–H and O–H groups in total. The SMILES string of the molecule is CN(C)C(=O)CN=C(NCCCCC1CCCC1)NCCN1CCOCC1.I. The van der Waals surface area contributed by atoms with Gasteiger partial charge in [-0.1, -0.05) is 38.5 Å². The van der Waals surface area contributed by atoms with Crippen LogP contribution in [0.25, 0.3) is 0 Å². The van der Waals surface area contributed by atoms with Gasteiger partial charge in [0.15, 0.2) is 5.96 Å². The van der Waals surface area contributed by atoms with Crippen LogP contribution in [0.4, 0.5) is 0 Å². The first kappa shape index (κ1) is 25.4. The maximum atomic E-state index is 11.8. The Balaban J connectivity index is 0.00000392. The molecule has 0 spiro atoms. The zero-order valence-electron chi connectivity index (χ0n) is 17.8. The molecule has 0 unspecified atom stereocenters. The molecule has 2 rings (SSSR count). The van der Waals surface area contributed by atoms with Crippen LogP contribution in [0.2, 0.25) is 0 Å². The molecule has 8 heteroatoms. The third kappa shape index (κ3) is 10.8. The van der Waals surface area contributed by atoms with E-state index in [9.17, 15) is 4.79 Å². The molecule has 164 valence electrons. The van der Waals surface area contributed by atoms with Gasteiger partial charge in [-0.3, -0.25) is 9.69 Å². The normalized spacial score (nSPS) is 18.6. The minimum absolute atomic E-state index is 0. The van der Waals surface area contributed by atoms with Crippen LogP contribution in [-0.2, 0) is 9.53 Å². The van der Waals surface area contributed by atoms with Crippen molar-refractivity contribution in [2.45, 2.75) is 44.9 Å². The standard InChI is InChI=1S/C20H39N5O2.HI/c1-24(2)19(26)17-23-20(22-11-12-25-13-15-27-16-14-25)21-10-6-5-9-18-7-3-4-8-18;/h18H,3-17H2,1-2H3,(H2,21,22,23);1H. The van der Waals surface area contributed by atoms with E-state index in [0.29, 0.717) is 0 Å². The number of hydrogen-bond acceptors (Lipinski definition) is 4. The summed E-state index contributed by atoms with van der Waals surface area (Å²) >= 11 is 0. The van der Waals surface area contributed by atoms with Crippen LogP contribution in [0, 0.1) is 5.92 Å². The van der Waals surface area contributed by atoms with Gasteiger partial charge in [-0.15, -0.1) is 24.0 Å². The maximum Gasteiger partial charge on any atom is 0.243 e. The summed E-state index contributed by atoms with van der Waals surface area (Å²) in [5, 5.41) is 6.78. The molecular formula is C20H40IN5O2. The zero-order chi connectivity index (χ0) is 19.3. The fourth-order valence-electron chi connectivity index (χ4n) is 3.68. The van der Waals surface area contributed by atoms with E-state index in [4.69, 9.17) is 4.74 Å². The molecule has 28 heavy (non-hydrogen) atoms. The van der Waals surface area contributed by atoms with Gasteiger partial charge >= 0.3 is 0 Å². The summed E-state index contributed by atoms with van der Waals surface area (Å²) in [5.41, 5.74) is 0. The van der Waals surface area contributed by atoms with Gasteiger partial charge in [-0.2, -0.15) is 0 Å². The van der Waals surface area contributed by atoms with Gasteiger partial charge in [0, 0.05) is 46.8 Å². The number of guanidine groups is 1. The molecule has 1 aliphatic heterocycles. The van der Waals surface area contributed by atoms with Gasteiger partial charge in [-0.25, -0.2) is 4.99 Å². The number of nitrogens with one attached hydrogen (secondary N) is 2. The van der Waals surface area contributed by atoms with Crippen molar-refractivity contribution in [3.63, 3.8) is 0 Å². The van der Waals surface area contributed by atoms with Crippen LogP contribution >= 0.6 is 24.0 Å². The molecule has 0 bridgehead atoms. The molecule has 0 aromatic carbocycles. The quantitative estimate of drug-likeness (QED) is 0.204. The smallest absolute Gasteiger partial charge is 0.243 e. The lowest BCUT2D eigenvalue weighted by molar-refractivity contribution is -0.127. The summed E-state index contributed by atoms with van der Waals surface area (Å²) in [6.45, 7) is 6.49. The molecule has 1 saturated carbocycles. The average molecular weight is 509 g/mol. The number of amides is 1. The lowest BCUT2D eigenvalue weighted by Crippen LogP contribution is -2.45. The molecule has 1 saturated heterocycles. The van der Waals surface area contributed by atoms with Gasteiger partial charge in [0.05, 0.1) is 13.2 Å². The summed E-state index contributed by atoms with van der Waals surface area (Å²) in [5.74, 6) is 1.73. The van der Waals surface area contributed by atoms with E-state index in [2.05, 4.69) is 20.5 Å². The Labute approximate surface area is 188 Å². The van der Waals surface area contributed by atoms with Crippen molar-refractivity contribution in [3.05, 3.63) is 0 Å². The minimum atomic E-state index is 0. The molecule has 0 atom stereocenters. The van der Waals surface area contributed by atoms with Gasteiger partial charge in [0.25, 0.3) is 0 Å². The topological polar surface area (TPSA) is 69.2 Å². The molecule has 7 nitrogen and oxygen atoms in total. The first-order chi connectivity index (χ1) is 13.1. The number of nitrogens with zero attached hydrogens (tertiary/aromatic N) is 3. The zero-order valence-corrected chi connectivity index (χ0v) is 20.1. The van der Waals surface area contributed by atoms with E-state index in [1.165, 1.54) is 38.5 Å². The highest BCUT2D eigenvalue weighted by Crippen LogP contribution is 2.28. The minimum Gasteiger partial charge on any atom is -0.379 e. The number of carbonyl (C=O) groups is 1. The second-order valence-corrected chi connectivity index (χ2v) is 7.91. The van der Waals surface area contributed by atoms with Crippen LogP contribution < -0.4 is 10.6 Å². The first-order valence-electron chi connectivity index (χ1n) is 10.7. The summed E-state index contributed by atoms with van der Waals surface area (Å²) in [7, 11) is 3.53. The Morgan fingerprint density at radius 1 is 1.11 bits per heavy atom. The van der Waals surface area contributed by atoms with E-state index in [-0.39, 0.29) is 36.4 Å². The number of aliphatic imine (C=N–C) groups is 1. The largest absolute Gasteiger partial charge is 0.379 e. The Morgan fingerprint density at radius 2 is 1.79 bits per heavy atom. The third-order valence-electron chi connectivity index (χ3n) is 5.50. The number of morpholine rings is 1. The summed E-state index contributed by atoms with van der Waals surface area (Å²) in [6, 6.07) is 0. The molecule has 1 amide bonds. The van der Waals surface area contributed by atoms with Crippen molar-refractivity contribution in [2.75, 3.05) is 66.6 Å². The van der Waals surface area contributed by atoms with Gasteiger partial charge in [0.1, 0.15) is 6.54 Å². The lowest BCUT2D eigenvalue weighted by atomic mass is 10.0. The van der Waals surface area contributed by atoms with E-state index in [0.717, 1.165) is 64.2 Å². The monoisotopic (exact) mass is 509 g/mol. The number of carbonyl (C=O) groups excluding carboxylic acids is 1. The van der Waals surface area contributed by atoms with Gasteiger partial charge in [0.2, 0.25) is 5.91 Å². The Kier molecular flexibility index (Phi) is 13.9. The summed E-state index contributed by atoms with van der Waals surface area (Å²) in [4.78, 5) is 20.3. The van der Waals surface area contributed by atoms with Crippen molar-refractivity contribution in [2.24, 2.45) is 10.9 Å². The van der Waals surface area contributed by atoms with E-state index in [1.54, 1.807) is 19.0 Å². The van der Waals surface area contributed by atoms with Gasteiger partial charge in [-0.05, 0) is 12.3 Å². The second-order valence-electron chi connectivity index (χ2n) is 7.91. The molecule has 0 radical (unpaired) electrons. The first-order valence-corrected chi connectivity index (χ1v) is 10.7. The van der Waals surface area contributed by atoms with E-state index in [1.807, 2.05) is 0 Å². The molecule has 1 heterocycles. The fourth-order valence-corrected chi connectivity index (χ4v) is 3.68. The van der Waals surface area contributed by atoms with Crippen LogP contribution in [0.15, 0.2) is 4.99 Å². The van der Waals surface area contributed by atoms with Crippen LogP contribution in [0.1, 0.15) is 44.9 Å². The predicted molar refractivity (Wildman–Crippen MR) is 125 cm³/mol. The highest BCUT2D eigenvalue weighted by molar-refractivity contribution is 14.0.